The van der Waals surface area contributed by atoms with E-state index in [1.807, 2.05) is 43.3 Å². The van der Waals surface area contributed by atoms with Crippen LogP contribution < -0.4 is 10.1 Å². The van der Waals surface area contributed by atoms with Gasteiger partial charge >= 0.3 is 0 Å². The van der Waals surface area contributed by atoms with Gasteiger partial charge < -0.3 is 10.1 Å². The average Bonchev–Trinajstić information content (AvgIpc) is 3.18. The molecule has 1 unspecified atom stereocenters. The number of amides is 3. The van der Waals surface area contributed by atoms with Crippen molar-refractivity contribution < 1.29 is 19.1 Å². The normalized spacial score (nSPS) is 13.3. The van der Waals surface area contributed by atoms with Crippen LogP contribution >= 0.6 is 0 Å². The Morgan fingerprint density at radius 3 is 2.16 bits per heavy atom. The topological polar surface area (TPSA) is 88.6 Å². The molecular weight excluding hydrogens is 466 g/mol. The predicted molar refractivity (Wildman–Crippen MR) is 138 cm³/mol. The molecule has 5 rings (SSSR count). The first-order chi connectivity index (χ1) is 18.0. The van der Waals surface area contributed by atoms with Crippen LogP contribution in [0.2, 0.25) is 0 Å². The maximum absolute atomic E-state index is 12.8. The first-order valence-corrected chi connectivity index (χ1v) is 12.0. The summed E-state index contributed by atoms with van der Waals surface area (Å²) >= 11 is 0. The minimum atomic E-state index is -0.301. The van der Waals surface area contributed by atoms with Gasteiger partial charge in [0.15, 0.2) is 0 Å². The van der Waals surface area contributed by atoms with Crippen molar-refractivity contribution in [1.82, 2.24) is 15.2 Å². The number of carbonyl (C=O) groups excluding carboxylic acids is 3. The number of hydrogen-bond donors (Lipinski definition) is 1. The number of aromatic nitrogens is 1. The monoisotopic (exact) mass is 491 g/mol. The van der Waals surface area contributed by atoms with Crippen LogP contribution in [0, 0.1) is 0 Å². The fraction of sp³-hybridized carbons (Fsp3) is 0.133. The Morgan fingerprint density at radius 2 is 1.54 bits per heavy atom. The third-order valence-electron chi connectivity index (χ3n) is 6.29. The summed E-state index contributed by atoms with van der Waals surface area (Å²) in [5.74, 6) is -0.0778. The molecule has 184 valence electrons. The van der Waals surface area contributed by atoms with E-state index in [9.17, 15) is 14.4 Å². The minimum Gasteiger partial charge on any atom is -0.489 e. The summed E-state index contributed by atoms with van der Waals surface area (Å²) in [4.78, 5) is 43.3. The molecule has 1 N–H and O–H groups in total. The van der Waals surface area contributed by atoms with Gasteiger partial charge in [-0.05, 0) is 60.5 Å². The first kappa shape index (κ1) is 23.9. The number of nitrogens with one attached hydrogen (secondary N) is 1. The maximum atomic E-state index is 12.8. The summed E-state index contributed by atoms with van der Waals surface area (Å²) in [6.07, 6.45) is 3.49. The van der Waals surface area contributed by atoms with E-state index in [1.165, 1.54) is 4.90 Å². The van der Waals surface area contributed by atoms with Gasteiger partial charge in [0.1, 0.15) is 12.4 Å². The highest BCUT2D eigenvalue weighted by molar-refractivity contribution is 6.21. The summed E-state index contributed by atoms with van der Waals surface area (Å²) in [5.41, 5.74) is 4.04. The van der Waals surface area contributed by atoms with E-state index in [-0.39, 0.29) is 30.3 Å². The fourth-order valence-electron chi connectivity index (χ4n) is 4.19. The zero-order valence-electron chi connectivity index (χ0n) is 20.3. The smallest absolute Gasteiger partial charge is 0.261 e. The van der Waals surface area contributed by atoms with Crippen LogP contribution in [-0.4, -0.2) is 27.6 Å². The van der Waals surface area contributed by atoms with Crippen LogP contribution in [0.25, 0.3) is 0 Å². The zero-order chi connectivity index (χ0) is 25.8. The summed E-state index contributed by atoms with van der Waals surface area (Å²) in [6, 6.07) is 24.9. The Hall–Kier alpha value is -4.78. The maximum Gasteiger partial charge on any atom is 0.261 e. The minimum absolute atomic E-state index is 0.153. The lowest BCUT2D eigenvalue weighted by atomic mass is 10.1. The molecule has 4 aromatic rings. The number of ether oxygens (including phenoxy) is 1. The van der Waals surface area contributed by atoms with E-state index in [0.29, 0.717) is 23.3 Å². The van der Waals surface area contributed by atoms with Gasteiger partial charge in [-0.1, -0.05) is 42.5 Å². The molecule has 0 bridgehead atoms. The van der Waals surface area contributed by atoms with E-state index < -0.39 is 0 Å². The second kappa shape index (κ2) is 10.5. The SMILES string of the molecule is CC(NC(=O)c1ccc(CN2C(=O)c3ccccc3C2=O)cc1)c1ccc(OCc2cccnc2)cc1. The van der Waals surface area contributed by atoms with Gasteiger partial charge in [0.05, 0.1) is 23.7 Å². The summed E-state index contributed by atoms with van der Waals surface area (Å²) < 4.78 is 5.79. The molecule has 0 fully saturated rings. The molecule has 7 nitrogen and oxygen atoms in total. The Bertz CT molecular complexity index is 1400. The molecule has 3 aromatic carbocycles. The van der Waals surface area contributed by atoms with Crippen molar-refractivity contribution in [3.8, 4) is 5.75 Å². The van der Waals surface area contributed by atoms with E-state index in [2.05, 4.69) is 10.3 Å². The van der Waals surface area contributed by atoms with Crippen LogP contribution in [0.3, 0.4) is 0 Å². The van der Waals surface area contributed by atoms with E-state index >= 15 is 0 Å². The van der Waals surface area contributed by atoms with Crippen molar-refractivity contribution in [3.05, 3.63) is 131 Å². The lowest BCUT2D eigenvalue weighted by Crippen LogP contribution is -2.29. The van der Waals surface area contributed by atoms with Crippen molar-refractivity contribution in [1.29, 1.82) is 0 Å². The number of carbonyl (C=O) groups is 3. The molecular formula is C30H25N3O4. The highest BCUT2D eigenvalue weighted by Gasteiger charge is 2.34. The largest absolute Gasteiger partial charge is 0.489 e. The lowest BCUT2D eigenvalue weighted by Gasteiger charge is -2.16. The third-order valence-corrected chi connectivity index (χ3v) is 6.29. The number of hydrogen-bond acceptors (Lipinski definition) is 5. The summed E-state index contributed by atoms with van der Waals surface area (Å²) in [5, 5.41) is 3.00. The van der Waals surface area contributed by atoms with Crippen molar-refractivity contribution in [2.75, 3.05) is 0 Å². The highest BCUT2D eigenvalue weighted by atomic mass is 16.5. The Labute approximate surface area is 214 Å². The van der Waals surface area contributed by atoms with Gasteiger partial charge in [-0.3, -0.25) is 24.3 Å². The molecule has 0 saturated carbocycles. The molecule has 7 heteroatoms. The molecule has 1 aliphatic heterocycles. The number of nitrogens with zero attached hydrogens (tertiary/aromatic N) is 2. The molecule has 0 radical (unpaired) electrons. The first-order valence-electron chi connectivity index (χ1n) is 12.0. The molecule has 37 heavy (non-hydrogen) atoms. The molecule has 1 aliphatic rings. The molecule has 0 saturated heterocycles. The second-order valence-electron chi connectivity index (χ2n) is 8.85. The zero-order valence-corrected chi connectivity index (χ0v) is 20.3. The number of fused-ring (bicyclic) bond motifs is 1. The van der Waals surface area contributed by atoms with Crippen LogP contribution in [0.1, 0.15) is 60.7 Å². The Kier molecular flexibility index (Phi) is 6.76. The molecule has 3 amide bonds. The number of pyridine rings is 1. The number of imide groups is 1. The second-order valence-corrected chi connectivity index (χ2v) is 8.85. The van der Waals surface area contributed by atoms with E-state index in [0.717, 1.165) is 22.4 Å². The van der Waals surface area contributed by atoms with Crippen LogP contribution in [0.15, 0.2) is 97.3 Å². The van der Waals surface area contributed by atoms with Gasteiger partial charge in [-0.2, -0.15) is 0 Å². The van der Waals surface area contributed by atoms with E-state index in [1.54, 1.807) is 60.9 Å². The van der Waals surface area contributed by atoms with Crippen LogP contribution in [-0.2, 0) is 13.2 Å². The average molecular weight is 492 g/mol. The quantitative estimate of drug-likeness (QED) is 0.353. The van der Waals surface area contributed by atoms with Crippen LogP contribution in [0.5, 0.6) is 5.75 Å². The Morgan fingerprint density at radius 1 is 0.865 bits per heavy atom. The number of benzene rings is 3. The summed E-state index contributed by atoms with van der Waals surface area (Å²) in [6.45, 7) is 2.50. The molecule has 1 atom stereocenters. The lowest BCUT2D eigenvalue weighted by molar-refractivity contribution is 0.0641. The van der Waals surface area contributed by atoms with Crippen molar-refractivity contribution >= 4 is 17.7 Å². The van der Waals surface area contributed by atoms with Gasteiger partial charge in [0.25, 0.3) is 17.7 Å². The van der Waals surface area contributed by atoms with Crippen molar-refractivity contribution in [2.24, 2.45) is 0 Å². The van der Waals surface area contributed by atoms with E-state index in [4.69, 9.17) is 4.74 Å². The van der Waals surface area contributed by atoms with Crippen molar-refractivity contribution in [2.45, 2.75) is 26.1 Å². The molecule has 2 heterocycles. The van der Waals surface area contributed by atoms with Gasteiger partial charge in [-0.25, -0.2) is 0 Å². The Balaban J connectivity index is 1.16. The van der Waals surface area contributed by atoms with Crippen molar-refractivity contribution in [3.63, 3.8) is 0 Å². The third kappa shape index (κ3) is 5.26. The predicted octanol–water partition coefficient (Wildman–Crippen LogP) is 4.95. The number of rotatable bonds is 8. The summed E-state index contributed by atoms with van der Waals surface area (Å²) in [7, 11) is 0. The fourth-order valence-corrected chi connectivity index (χ4v) is 4.19. The molecule has 0 aliphatic carbocycles. The van der Waals surface area contributed by atoms with Gasteiger partial charge in [-0.15, -0.1) is 0 Å². The van der Waals surface area contributed by atoms with Gasteiger partial charge in [0.2, 0.25) is 0 Å². The standard InChI is InChI=1S/C30H25N3O4/c1-20(23-12-14-25(15-13-23)37-19-22-5-4-16-31-17-22)32-28(34)24-10-8-21(9-11-24)18-33-29(35)26-6-2-3-7-27(26)30(33)36/h2-17,20H,18-19H2,1H3,(H,32,34). The molecule has 1 aromatic heterocycles. The van der Waals surface area contributed by atoms with Crippen LogP contribution in [0.4, 0.5) is 0 Å². The highest BCUT2D eigenvalue weighted by Crippen LogP contribution is 2.24. The van der Waals surface area contributed by atoms with Gasteiger partial charge in [0, 0.05) is 23.5 Å². The molecule has 0 spiro atoms.